The molecule has 0 radical (unpaired) electrons. The van der Waals surface area contributed by atoms with Gasteiger partial charge in [-0.3, -0.25) is 0 Å². The van der Waals surface area contributed by atoms with Crippen LogP contribution in [0.5, 0.6) is 0 Å². The Morgan fingerprint density at radius 2 is 0.460 bits per heavy atom. The third-order valence-corrected chi connectivity index (χ3v) is 8.55. The minimum absolute atomic E-state index is 1.94. The van der Waals surface area contributed by atoms with Crippen LogP contribution in [0, 0.1) is 0 Å². The molecule has 0 saturated carbocycles. The fourth-order valence-corrected chi connectivity index (χ4v) is 3.32. The Morgan fingerprint density at radius 1 is 0.300 bits per heavy atom. The van der Waals surface area contributed by atoms with Crippen LogP contribution in [0.2, 0.25) is 0 Å². The van der Waals surface area contributed by atoms with Crippen LogP contribution in [-0.4, -0.2) is 89.0 Å². The highest BCUT2D eigenvalue weighted by Crippen LogP contribution is 2.66. The molecule has 34 heteroatoms. The molecule has 0 aromatic carbocycles. The van der Waals surface area contributed by atoms with Crippen LogP contribution in [0.3, 0.4) is 0 Å². The maximum atomic E-state index is 13.9. The Labute approximate surface area is 297 Å². The molecule has 0 aromatic heterocycles. The molecule has 0 fully saturated rings. The Kier molecular flexibility index (Phi) is 13.1. The zero-order valence-electron chi connectivity index (χ0n) is 21.0. The van der Waals surface area contributed by atoms with Gasteiger partial charge in [-0.25, -0.2) is 28.1 Å². The van der Waals surface area contributed by atoms with Crippen LogP contribution in [0.4, 0.5) is 96.6 Å². The Morgan fingerprint density at radius 3 is 0.620 bits per heavy atom. The predicted molar refractivity (Wildman–Crippen MR) is 122 cm³/mol. The van der Waals surface area contributed by atoms with Gasteiger partial charge in [-0.1, -0.05) is 92.8 Å². The van der Waals surface area contributed by atoms with Crippen LogP contribution in [0.1, 0.15) is 0 Å². The monoisotopic (exact) mass is 954 g/mol. The van der Waals surface area contributed by atoms with E-state index < -0.39 is 89.0 Å². The molecule has 298 valence electrons. The standard InChI is InChI=1S/C16Cl8F22O4/c17-5(29,15(19,20)21)9(35,36)13(43,44)11(39,40)7(31,32)3(25,26)1(47)49-50-2(48)4(27,28)8(33,34)12(41,42)14(45,46)10(37,38)6(18,30)16(22,23)24. The largest absolute Gasteiger partial charge is 0.431 e. The average Bonchev–Trinajstić information content (AvgIpc) is 2.88. The van der Waals surface area contributed by atoms with Gasteiger partial charge in [0.15, 0.2) is 0 Å². The minimum Gasteiger partial charge on any atom is -0.240 e. The molecule has 0 saturated heterocycles. The Bertz CT molecular complexity index is 1210. The molecule has 2 unspecified atom stereocenters. The Balaban J connectivity index is 6.71. The van der Waals surface area contributed by atoms with Gasteiger partial charge in [-0.15, -0.1) is 0 Å². The normalized spacial score (nSPS) is 18.3. The molecule has 0 aliphatic rings. The van der Waals surface area contributed by atoms with E-state index in [0.29, 0.717) is 0 Å². The van der Waals surface area contributed by atoms with E-state index in [0.717, 1.165) is 0 Å². The summed E-state index contributed by atoms with van der Waals surface area (Å²) in [6, 6.07) is 0. The summed E-state index contributed by atoms with van der Waals surface area (Å²) in [5, 5.41) is -12.5. The highest BCUT2D eigenvalue weighted by molar-refractivity contribution is 6.71. The van der Waals surface area contributed by atoms with Crippen molar-refractivity contribution in [3.63, 3.8) is 0 Å². The van der Waals surface area contributed by atoms with Crippen LogP contribution in [0.15, 0.2) is 0 Å². The maximum absolute atomic E-state index is 13.9. The van der Waals surface area contributed by atoms with Crippen molar-refractivity contribution < 1.29 is 116 Å². The van der Waals surface area contributed by atoms with E-state index in [-0.39, 0.29) is 0 Å². The van der Waals surface area contributed by atoms with Gasteiger partial charge in [-0.05, 0) is 0 Å². The fourth-order valence-electron chi connectivity index (χ4n) is 2.37. The molecule has 0 bridgehead atoms. The van der Waals surface area contributed by atoms with Crippen molar-refractivity contribution in [1.29, 1.82) is 0 Å². The van der Waals surface area contributed by atoms with Gasteiger partial charge in [0.1, 0.15) is 0 Å². The number of carbonyl (C=O) groups is 2. The number of hydrogen-bond acceptors (Lipinski definition) is 4. The van der Waals surface area contributed by atoms with Crippen LogP contribution in [-0.2, 0) is 19.4 Å². The minimum atomic E-state index is -8.62. The van der Waals surface area contributed by atoms with E-state index in [1.807, 2.05) is 9.78 Å². The summed E-state index contributed by atoms with van der Waals surface area (Å²) in [4.78, 5) is 26.1. The van der Waals surface area contributed by atoms with Crippen LogP contribution >= 0.6 is 92.8 Å². The maximum Gasteiger partial charge on any atom is 0.431 e. The van der Waals surface area contributed by atoms with Crippen molar-refractivity contribution in [2.45, 2.75) is 77.1 Å². The third kappa shape index (κ3) is 6.70. The lowest BCUT2D eigenvalue weighted by Gasteiger charge is -2.42. The lowest BCUT2D eigenvalue weighted by Crippen LogP contribution is -2.73. The zero-order valence-corrected chi connectivity index (χ0v) is 27.0. The van der Waals surface area contributed by atoms with Gasteiger partial charge in [-0.2, -0.15) is 87.8 Å². The number of halogens is 30. The van der Waals surface area contributed by atoms with Crippen LogP contribution < -0.4 is 0 Å². The summed E-state index contributed by atoms with van der Waals surface area (Å²) < 4.78 is 295. The first-order valence-electron chi connectivity index (χ1n) is 10.2. The van der Waals surface area contributed by atoms with Crippen molar-refractivity contribution in [3.05, 3.63) is 0 Å². The van der Waals surface area contributed by atoms with Gasteiger partial charge >= 0.3 is 71.2 Å². The molecule has 4 nitrogen and oxygen atoms in total. The molecule has 50 heavy (non-hydrogen) atoms. The lowest BCUT2D eigenvalue weighted by atomic mass is 9.92. The summed E-state index contributed by atoms with van der Waals surface area (Å²) >= 11 is 34.6. The summed E-state index contributed by atoms with van der Waals surface area (Å²) in [6.45, 7) is 0. The second-order valence-electron chi connectivity index (χ2n) is 8.63. The number of alkyl halides is 30. The summed E-state index contributed by atoms with van der Waals surface area (Å²) in [6.07, 6.45) is 0. The third-order valence-electron chi connectivity index (χ3n) is 5.36. The highest BCUT2D eigenvalue weighted by atomic mass is 35.6. The van der Waals surface area contributed by atoms with E-state index in [4.69, 9.17) is 0 Å². The number of rotatable bonds is 12. The second-order valence-corrected chi connectivity index (χ2v) is 14.2. The molecule has 0 aliphatic carbocycles. The Hall–Kier alpha value is -0.280. The molecule has 0 heterocycles. The number of carbonyl (C=O) groups excluding carboxylic acids is 2. The molecule has 0 amide bonds. The van der Waals surface area contributed by atoms with Gasteiger partial charge in [0.25, 0.3) is 10.3 Å². The predicted octanol–water partition coefficient (Wildman–Crippen LogP) is 10.9. The molecule has 0 rings (SSSR count). The topological polar surface area (TPSA) is 52.6 Å². The summed E-state index contributed by atoms with van der Waals surface area (Å²) in [5.74, 6) is -92.7. The quantitative estimate of drug-likeness (QED) is 0.0847. The SMILES string of the molecule is O=C(OOC(=O)C(F)(F)C(F)(F)C(F)(F)C(F)(F)C(F)(F)C(F)(Cl)C(Cl)(Cl)Cl)C(F)(F)C(F)(F)C(F)(F)C(F)(F)C(F)(F)C(F)(Cl)C(Cl)(Cl)Cl. The first kappa shape index (κ1) is 49.7. The smallest absolute Gasteiger partial charge is 0.240 e. The zero-order chi connectivity index (χ0) is 41.6. The summed E-state index contributed by atoms with van der Waals surface area (Å²) in [5.41, 5.74) is 0. The van der Waals surface area contributed by atoms with Crippen molar-refractivity contribution in [1.82, 2.24) is 0 Å². The molecular formula is C16Cl8F22O4. The van der Waals surface area contributed by atoms with E-state index in [1.54, 1.807) is 0 Å². The molecule has 0 N–H and O–H groups in total. The average molecular weight is 958 g/mol. The van der Waals surface area contributed by atoms with Gasteiger partial charge < -0.3 is 0 Å². The first-order valence-corrected chi connectivity index (χ1v) is 13.2. The van der Waals surface area contributed by atoms with Crippen molar-refractivity contribution in [2.75, 3.05) is 0 Å². The first-order chi connectivity index (χ1) is 21.0. The molecule has 2 atom stereocenters. The van der Waals surface area contributed by atoms with Crippen molar-refractivity contribution in [3.8, 4) is 0 Å². The van der Waals surface area contributed by atoms with E-state index in [1.165, 1.54) is 0 Å². The van der Waals surface area contributed by atoms with E-state index in [9.17, 15) is 106 Å². The molecular weight excluding hydrogens is 958 g/mol. The van der Waals surface area contributed by atoms with Crippen LogP contribution in [0.25, 0.3) is 0 Å². The van der Waals surface area contributed by atoms with Crippen molar-refractivity contribution >= 4 is 105 Å². The highest BCUT2D eigenvalue weighted by Gasteiger charge is 2.94. The van der Waals surface area contributed by atoms with Crippen molar-refractivity contribution in [2.24, 2.45) is 0 Å². The number of hydrogen-bond donors (Lipinski definition) is 0. The summed E-state index contributed by atoms with van der Waals surface area (Å²) in [7, 11) is 0. The molecule has 0 aromatic rings. The fraction of sp³-hybridized carbons (Fsp3) is 0.875. The lowest BCUT2D eigenvalue weighted by molar-refractivity contribution is -0.413. The second kappa shape index (κ2) is 13.2. The van der Waals surface area contributed by atoms with Gasteiger partial charge in [0, 0.05) is 0 Å². The molecule has 0 aliphatic heterocycles. The van der Waals surface area contributed by atoms with E-state index in [2.05, 4.69) is 92.8 Å². The van der Waals surface area contributed by atoms with Gasteiger partial charge in [0.05, 0.1) is 0 Å². The van der Waals surface area contributed by atoms with E-state index >= 15 is 0 Å². The molecule has 0 spiro atoms. The van der Waals surface area contributed by atoms with Gasteiger partial charge in [0.2, 0.25) is 7.59 Å².